The number of halogens is 2. The number of hydrogen-bond acceptors (Lipinski definition) is 2. The van der Waals surface area contributed by atoms with Crippen LogP contribution in [0.2, 0.25) is 0 Å². The van der Waals surface area contributed by atoms with Crippen LogP contribution in [0.1, 0.15) is 36.8 Å². The van der Waals surface area contributed by atoms with Crippen molar-refractivity contribution >= 4 is 0 Å². The van der Waals surface area contributed by atoms with Crippen molar-refractivity contribution in [2.75, 3.05) is 6.54 Å². The first-order valence-corrected chi connectivity index (χ1v) is 7.25. The van der Waals surface area contributed by atoms with Gasteiger partial charge in [-0.2, -0.15) is 5.10 Å². The molecule has 0 amide bonds. The molecule has 0 saturated heterocycles. The molecule has 1 aromatic carbocycles. The summed E-state index contributed by atoms with van der Waals surface area (Å²) in [4.78, 5) is 0. The minimum Gasteiger partial charge on any atom is -0.309 e. The van der Waals surface area contributed by atoms with Crippen LogP contribution in [0.25, 0.3) is 0 Å². The van der Waals surface area contributed by atoms with Gasteiger partial charge in [-0.1, -0.05) is 19.9 Å². The van der Waals surface area contributed by atoms with Crippen molar-refractivity contribution in [2.45, 2.75) is 32.7 Å². The molecule has 114 valence electrons. The Morgan fingerprint density at radius 1 is 1.24 bits per heavy atom. The first-order valence-electron chi connectivity index (χ1n) is 7.25. The molecule has 1 unspecified atom stereocenters. The number of aryl methyl sites for hydroxylation is 2. The number of aromatic nitrogens is 2. The summed E-state index contributed by atoms with van der Waals surface area (Å²) in [5, 5.41) is 7.78. The smallest absolute Gasteiger partial charge is 0.129 e. The van der Waals surface area contributed by atoms with Crippen LogP contribution < -0.4 is 5.32 Å². The number of nitrogens with one attached hydrogen (secondary N) is 1. The van der Waals surface area contributed by atoms with E-state index in [1.807, 2.05) is 31.6 Å². The lowest BCUT2D eigenvalue weighted by atomic mass is 10.0. The van der Waals surface area contributed by atoms with E-state index in [1.165, 1.54) is 12.1 Å². The fourth-order valence-electron chi connectivity index (χ4n) is 2.48. The summed E-state index contributed by atoms with van der Waals surface area (Å²) in [6, 6.07) is 5.72. The van der Waals surface area contributed by atoms with Gasteiger partial charge >= 0.3 is 0 Å². The minimum atomic E-state index is -0.551. The summed E-state index contributed by atoms with van der Waals surface area (Å²) < 4.78 is 28.7. The fourth-order valence-corrected chi connectivity index (χ4v) is 2.48. The fraction of sp³-hybridized carbons (Fsp3) is 0.438. The monoisotopic (exact) mass is 293 g/mol. The van der Waals surface area contributed by atoms with E-state index >= 15 is 0 Å². The Morgan fingerprint density at radius 3 is 2.57 bits per heavy atom. The number of benzene rings is 1. The number of hydrogen-bond donors (Lipinski definition) is 1. The van der Waals surface area contributed by atoms with E-state index in [-0.39, 0.29) is 6.04 Å². The van der Waals surface area contributed by atoms with Gasteiger partial charge < -0.3 is 5.32 Å². The van der Waals surface area contributed by atoms with E-state index in [1.54, 1.807) is 0 Å². The van der Waals surface area contributed by atoms with Gasteiger partial charge in [0.15, 0.2) is 0 Å². The zero-order valence-electron chi connectivity index (χ0n) is 12.7. The summed E-state index contributed by atoms with van der Waals surface area (Å²) in [7, 11) is 1.89. The summed E-state index contributed by atoms with van der Waals surface area (Å²) in [5.41, 5.74) is 2.52. The zero-order chi connectivity index (χ0) is 15.4. The normalized spacial score (nSPS) is 12.6. The standard InChI is InChI=1S/C16H21F2N3/c1-4-13-10-16(21(3)20-13)15(19-5-2)8-11-6-7-12(17)9-14(11)18/h6-7,9-10,15,19H,4-5,8H2,1-3H3. The molecule has 0 aliphatic rings. The third kappa shape index (κ3) is 3.67. The third-order valence-corrected chi connectivity index (χ3v) is 3.58. The topological polar surface area (TPSA) is 29.9 Å². The van der Waals surface area contributed by atoms with Crippen molar-refractivity contribution in [2.24, 2.45) is 7.05 Å². The van der Waals surface area contributed by atoms with Crippen molar-refractivity contribution in [3.05, 3.63) is 52.9 Å². The van der Waals surface area contributed by atoms with Crippen LogP contribution in [0.15, 0.2) is 24.3 Å². The molecule has 2 rings (SSSR count). The molecule has 1 N–H and O–H groups in total. The van der Waals surface area contributed by atoms with Crippen LogP contribution in [0.5, 0.6) is 0 Å². The van der Waals surface area contributed by atoms with Crippen LogP contribution in [-0.2, 0) is 19.9 Å². The van der Waals surface area contributed by atoms with Gasteiger partial charge in [-0.25, -0.2) is 8.78 Å². The molecule has 2 aromatic rings. The van der Waals surface area contributed by atoms with Gasteiger partial charge in [-0.05, 0) is 37.1 Å². The van der Waals surface area contributed by atoms with Crippen LogP contribution >= 0.6 is 0 Å². The average molecular weight is 293 g/mol. The van der Waals surface area contributed by atoms with Crippen molar-refractivity contribution in [1.29, 1.82) is 0 Å². The molecule has 1 heterocycles. The molecule has 0 fully saturated rings. The summed E-state index contributed by atoms with van der Waals surface area (Å²) in [5.74, 6) is -1.05. The van der Waals surface area contributed by atoms with Crippen LogP contribution in [0, 0.1) is 11.6 Å². The second-order valence-electron chi connectivity index (χ2n) is 5.09. The lowest BCUT2D eigenvalue weighted by molar-refractivity contribution is 0.491. The second-order valence-corrected chi connectivity index (χ2v) is 5.09. The predicted octanol–water partition coefficient (Wildman–Crippen LogP) is 3.15. The highest BCUT2D eigenvalue weighted by molar-refractivity contribution is 5.23. The first kappa shape index (κ1) is 15.6. The maximum Gasteiger partial charge on any atom is 0.129 e. The molecule has 0 aliphatic heterocycles. The van der Waals surface area contributed by atoms with Crippen molar-refractivity contribution < 1.29 is 8.78 Å². The van der Waals surface area contributed by atoms with E-state index in [0.717, 1.165) is 30.4 Å². The van der Waals surface area contributed by atoms with Gasteiger partial charge in [0.1, 0.15) is 11.6 Å². The largest absolute Gasteiger partial charge is 0.309 e. The van der Waals surface area contributed by atoms with Gasteiger partial charge in [-0.15, -0.1) is 0 Å². The maximum atomic E-state index is 13.8. The van der Waals surface area contributed by atoms with Crippen molar-refractivity contribution in [3.8, 4) is 0 Å². The zero-order valence-corrected chi connectivity index (χ0v) is 12.7. The van der Waals surface area contributed by atoms with Crippen LogP contribution in [0.3, 0.4) is 0 Å². The van der Waals surface area contributed by atoms with E-state index < -0.39 is 11.6 Å². The van der Waals surface area contributed by atoms with Crippen molar-refractivity contribution in [3.63, 3.8) is 0 Å². The SMILES string of the molecule is CCNC(Cc1ccc(F)cc1F)c1cc(CC)nn1C. The Morgan fingerprint density at radius 2 is 2.00 bits per heavy atom. The highest BCUT2D eigenvalue weighted by atomic mass is 19.1. The molecular formula is C16H21F2N3. The Hall–Kier alpha value is -1.75. The molecule has 1 aromatic heterocycles. The van der Waals surface area contributed by atoms with E-state index in [4.69, 9.17) is 0 Å². The highest BCUT2D eigenvalue weighted by Gasteiger charge is 2.18. The molecule has 1 atom stereocenters. The van der Waals surface area contributed by atoms with E-state index in [2.05, 4.69) is 10.4 Å². The maximum absolute atomic E-state index is 13.8. The Bertz CT molecular complexity index is 608. The summed E-state index contributed by atoms with van der Waals surface area (Å²) in [6.07, 6.45) is 1.32. The number of likely N-dealkylation sites (N-methyl/N-ethyl adjacent to an activating group) is 1. The third-order valence-electron chi connectivity index (χ3n) is 3.58. The first-order chi connectivity index (χ1) is 10.0. The van der Waals surface area contributed by atoms with E-state index in [0.29, 0.717) is 12.0 Å². The summed E-state index contributed by atoms with van der Waals surface area (Å²) in [6.45, 7) is 4.82. The van der Waals surface area contributed by atoms with Crippen molar-refractivity contribution in [1.82, 2.24) is 15.1 Å². The van der Waals surface area contributed by atoms with Gasteiger partial charge in [-0.3, -0.25) is 4.68 Å². The Balaban J connectivity index is 2.28. The Labute approximate surface area is 124 Å². The second kappa shape index (κ2) is 6.80. The molecule has 0 saturated carbocycles. The van der Waals surface area contributed by atoms with E-state index in [9.17, 15) is 8.78 Å². The lowest BCUT2D eigenvalue weighted by Gasteiger charge is -2.18. The quantitative estimate of drug-likeness (QED) is 0.886. The number of rotatable bonds is 6. The molecule has 21 heavy (non-hydrogen) atoms. The minimum absolute atomic E-state index is 0.0484. The molecule has 0 radical (unpaired) electrons. The lowest BCUT2D eigenvalue weighted by Crippen LogP contribution is -2.25. The average Bonchev–Trinajstić information content (AvgIpc) is 2.82. The Kier molecular flexibility index (Phi) is 5.07. The van der Waals surface area contributed by atoms with Crippen LogP contribution in [0.4, 0.5) is 8.78 Å². The molecular weight excluding hydrogens is 272 g/mol. The molecule has 0 aliphatic carbocycles. The molecule has 0 bridgehead atoms. The number of nitrogens with zero attached hydrogens (tertiary/aromatic N) is 2. The summed E-state index contributed by atoms with van der Waals surface area (Å²) >= 11 is 0. The highest BCUT2D eigenvalue weighted by Crippen LogP contribution is 2.21. The predicted molar refractivity (Wildman–Crippen MR) is 79.1 cm³/mol. The van der Waals surface area contributed by atoms with Gasteiger partial charge in [0.05, 0.1) is 17.4 Å². The van der Waals surface area contributed by atoms with Gasteiger partial charge in [0.25, 0.3) is 0 Å². The van der Waals surface area contributed by atoms with Gasteiger partial charge in [0.2, 0.25) is 0 Å². The van der Waals surface area contributed by atoms with Crippen LogP contribution in [-0.4, -0.2) is 16.3 Å². The molecule has 5 heteroatoms. The molecule has 0 spiro atoms. The molecule has 3 nitrogen and oxygen atoms in total. The van der Waals surface area contributed by atoms with Gasteiger partial charge in [0, 0.05) is 13.1 Å².